The van der Waals surface area contributed by atoms with Crippen molar-refractivity contribution in [2.75, 3.05) is 26.0 Å². The quantitative estimate of drug-likeness (QED) is 0.686. The van der Waals surface area contributed by atoms with Crippen molar-refractivity contribution in [2.24, 2.45) is 17.8 Å². The molecule has 1 N–H and O–H groups in total. The summed E-state index contributed by atoms with van der Waals surface area (Å²) < 4.78 is 0. The Labute approximate surface area is 183 Å². The van der Waals surface area contributed by atoms with Gasteiger partial charge in [0.1, 0.15) is 11.7 Å². The SMILES string of the molecule is CC1CC(/C=C\C2CCc3cc(N(C)C)ccc3[NH+]2C)C(C)C(c2ccccc2)C1. The summed E-state index contributed by atoms with van der Waals surface area (Å²) in [4.78, 5) is 3.75. The lowest BCUT2D eigenvalue weighted by atomic mass is 9.66. The zero-order valence-electron chi connectivity index (χ0n) is 19.4. The molecule has 6 unspecified atom stereocenters. The van der Waals surface area contributed by atoms with E-state index < -0.39 is 0 Å². The van der Waals surface area contributed by atoms with Gasteiger partial charge in [0.15, 0.2) is 0 Å². The van der Waals surface area contributed by atoms with E-state index in [4.69, 9.17) is 0 Å². The molecule has 160 valence electrons. The molecule has 1 fully saturated rings. The van der Waals surface area contributed by atoms with Crippen LogP contribution >= 0.6 is 0 Å². The van der Waals surface area contributed by atoms with Crippen LogP contribution in [0.15, 0.2) is 60.7 Å². The maximum absolute atomic E-state index is 2.59. The molecule has 30 heavy (non-hydrogen) atoms. The van der Waals surface area contributed by atoms with E-state index in [0.29, 0.717) is 23.8 Å². The number of allylic oxidation sites excluding steroid dienone is 1. The molecular weight excluding hydrogens is 364 g/mol. The van der Waals surface area contributed by atoms with Gasteiger partial charge in [-0.05, 0) is 66.7 Å². The summed E-state index contributed by atoms with van der Waals surface area (Å²) in [6.07, 6.45) is 10.2. The zero-order valence-corrected chi connectivity index (χ0v) is 19.4. The predicted octanol–water partition coefficient (Wildman–Crippen LogP) is 5.24. The predicted molar refractivity (Wildman–Crippen MR) is 129 cm³/mol. The van der Waals surface area contributed by atoms with Crippen molar-refractivity contribution in [3.63, 3.8) is 0 Å². The smallest absolute Gasteiger partial charge is 0.134 e. The van der Waals surface area contributed by atoms with Gasteiger partial charge in [0.05, 0.1) is 7.05 Å². The number of hydrogen-bond donors (Lipinski definition) is 1. The molecule has 1 aliphatic carbocycles. The maximum atomic E-state index is 2.59. The van der Waals surface area contributed by atoms with Crippen molar-refractivity contribution in [1.82, 2.24) is 0 Å². The minimum atomic E-state index is 0.585. The molecule has 1 saturated carbocycles. The fourth-order valence-electron chi connectivity index (χ4n) is 5.81. The Kier molecular flexibility index (Phi) is 6.34. The second kappa shape index (κ2) is 8.98. The van der Waals surface area contributed by atoms with Crippen molar-refractivity contribution in [3.8, 4) is 0 Å². The molecule has 0 bridgehead atoms. The van der Waals surface area contributed by atoms with E-state index in [1.165, 1.54) is 48.2 Å². The van der Waals surface area contributed by atoms with Gasteiger partial charge >= 0.3 is 0 Å². The molecule has 1 heterocycles. The number of anilines is 1. The van der Waals surface area contributed by atoms with Gasteiger partial charge in [-0.3, -0.25) is 4.90 Å². The van der Waals surface area contributed by atoms with Gasteiger partial charge in [0.2, 0.25) is 0 Å². The minimum Gasteiger partial charge on any atom is -0.378 e. The van der Waals surface area contributed by atoms with Crippen LogP contribution in [0.2, 0.25) is 0 Å². The third-order valence-electron chi connectivity index (χ3n) is 7.77. The number of benzene rings is 2. The molecule has 2 heteroatoms. The lowest BCUT2D eigenvalue weighted by molar-refractivity contribution is -0.834. The molecular formula is C28H39N2+. The Morgan fingerprint density at radius 3 is 2.47 bits per heavy atom. The molecule has 0 aromatic heterocycles. The highest BCUT2D eigenvalue weighted by molar-refractivity contribution is 5.55. The average molecular weight is 404 g/mol. The van der Waals surface area contributed by atoms with Crippen molar-refractivity contribution in [2.45, 2.75) is 51.5 Å². The van der Waals surface area contributed by atoms with Gasteiger partial charge in [-0.25, -0.2) is 0 Å². The molecule has 2 aliphatic rings. The van der Waals surface area contributed by atoms with E-state index in [9.17, 15) is 0 Å². The van der Waals surface area contributed by atoms with Crippen molar-refractivity contribution < 1.29 is 4.90 Å². The lowest BCUT2D eigenvalue weighted by Crippen LogP contribution is -3.09. The number of nitrogens with zero attached hydrogens (tertiary/aromatic N) is 1. The van der Waals surface area contributed by atoms with Crippen LogP contribution in [-0.2, 0) is 6.42 Å². The van der Waals surface area contributed by atoms with Crippen LogP contribution in [0.3, 0.4) is 0 Å². The van der Waals surface area contributed by atoms with Crippen LogP contribution in [0.25, 0.3) is 0 Å². The molecule has 0 saturated heterocycles. The second-order valence-electron chi connectivity index (χ2n) is 10.1. The number of quaternary nitrogens is 1. The fraction of sp³-hybridized carbons (Fsp3) is 0.500. The van der Waals surface area contributed by atoms with Crippen LogP contribution in [0.5, 0.6) is 0 Å². The van der Waals surface area contributed by atoms with E-state index in [1.807, 2.05) is 0 Å². The number of hydrogen-bond acceptors (Lipinski definition) is 1. The third-order valence-corrected chi connectivity index (χ3v) is 7.77. The normalized spacial score (nSPS) is 31.5. The number of likely N-dealkylation sites (N-methyl/N-ethyl adjacent to an activating group) is 1. The minimum absolute atomic E-state index is 0.585. The number of nitrogens with one attached hydrogen (secondary N) is 1. The summed E-state index contributed by atoms with van der Waals surface area (Å²) in [5, 5.41) is 0. The van der Waals surface area contributed by atoms with Gasteiger partial charge in [0, 0.05) is 37.8 Å². The van der Waals surface area contributed by atoms with Crippen LogP contribution in [0.1, 0.15) is 50.2 Å². The summed E-state index contributed by atoms with van der Waals surface area (Å²) in [7, 11) is 6.60. The van der Waals surface area contributed by atoms with Gasteiger partial charge in [-0.1, -0.05) is 50.3 Å². The summed E-state index contributed by atoms with van der Waals surface area (Å²) in [6, 6.07) is 18.8. The summed E-state index contributed by atoms with van der Waals surface area (Å²) in [5.41, 5.74) is 5.84. The maximum Gasteiger partial charge on any atom is 0.134 e. The lowest BCUT2D eigenvalue weighted by Gasteiger charge is -2.39. The summed E-state index contributed by atoms with van der Waals surface area (Å²) in [6.45, 7) is 4.92. The number of aryl methyl sites for hydroxylation is 1. The molecule has 0 radical (unpaired) electrons. The molecule has 1 aliphatic heterocycles. The molecule has 2 nitrogen and oxygen atoms in total. The van der Waals surface area contributed by atoms with E-state index in [0.717, 1.165) is 5.92 Å². The monoisotopic (exact) mass is 403 g/mol. The average Bonchev–Trinajstić information content (AvgIpc) is 2.75. The number of rotatable bonds is 4. The largest absolute Gasteiger partial charge is 0.378 e. The third kappa shape index (κ3) is 4.34. The molecule has 0 spiro atoms. The fourth-order valence-corrected chi connectivity index (χ4v) is 5.81. The van der Waals surface area contributed by atoms with Gasteiger partial charge in [-0.2, -0.15) is 0 Å². The first-order valence-electron chi connectivity index (χ1n) is 11.8. The first kappa shape index (κ1) is 21.2. The van der Waals surface area contributed by atoms with Gasteiger partial charge in [0.25, 0.3) is 0 Å². The van der Waals surface area contributed by atoms with E-state index in [2.05, 4.69) is 101 Å². The van der Waals surface area contributed by atoms with Crippen LogP contribution in [0, 0.1) is 17.8 Å². The Bertz CT molecular complexity index is 869. The van der Waals surface area contributed by atoms with Crippen LogP contribution in [-0.4, -0.2) is 27.2 Å². The Balaban J connectivity index is 1.49. The standard InChI is InChI=1S/C28H38N2/c1-20-17-23(21(2)27(18-20)22-9-7-6-8-10-22)11-13-25-14-12-24-19-26(29(3)4)15-16-28(24)30(25)5/h6-11,13,15-16,19-21,23,25,27H,12,14,17-18H2,1-5H3/p+1/b13-11-. The highest BCUT2D eigenvalue weighted by atomic mass is 15.1. The Morgan fingerprint density at radius 2 is 1.73 bits per heavy atom. The van der Waals surface area contributed by atoms with Crippen molar-refractivity contribution in [3.05, 3.63) is 71.8 Å². The highest BCUT2D eigenvalue weighted by Crippen LogP contribution is 2.44. The highest BCUT2D eigenvalue weighted by Gasteiger charge is 2.34. The Morgan fingerprint density at radius 1 is 0.967 bits per heavy atom. The van der Waals surface area contributed by atoms with Crippen LogP contribution in [0.4, 0.5) is 11.4 Å². The molecule has 0 amide bonds. The first-order valence-corrected chi connectivity index (χ1v) is 11.8. The van der Waals surface area contributed by atoms with E-state index in [1.54, 1.807) is 4.90 Å². The second-order valence-corrected chi connectivity index (χ2v) is 10.1. The van der Waals surface area contributed by atoms with Crippen LogP contribution < -0.4 is 9.80 Å². The summed E-state index contributed by atoms with van der Waals surface area (Å²) in [5.74, 6) is 2.87. The van der Waals surface area contributed by atoms with E-state index in [-0.39, 0.29) is 0 Å². The van der Waals surface area contributed by atoms with E-state index >= 15 is 0 Å². The summed E-state index contributed by atoms with van der Waals surface area (Å²) >= 11 is 0. The first-order chi connectivity index (χ1) is 14.4. The van der Waals surface area contributed by atoms with Crippen molar-refractivity contribution >= 4 is 11.4 Å². The van der Waals surface area contributed by atoms with Gasteiger partial charge in [-0.15, -0.1) is 0 Å². The van der Waals surface area contributed by atoms with Gasteiger partial charge < -0.3 is 4.90 Å². The van der Waals surface area contributed by atoms with Crippen molar-refractivity contribution in [1.29, 1.82) is 0 Å². The molecule has 2 aromatic carbocycles. The number of fused-ring (bicyclic) bond motifs is 1. The topological polar surface area (TPSA) is 7.68 Å². The molecule has 2 aromatic rings. The molecule has 4 rings (SSSR count). The zero-order chi connectivity index (χ0) is 21.3. The Hall–Kier alpha value is -2.06. The molecule has 6 atom stereocenters.